The molecule has 2 atom stereocenters. The zero-order valence-corrected chi connectivity index (χ0v) is 16.5. The Hall–Kier alpha value is -2.17. The Labute approximate surface area is 155 Å². The standard InChI is InChI=1S/C21H28N2O3/c1-12-9-13(2)17(14(3)10-12)22-16(24)11-23-18(25)15-7-8-21(6,19(23)26)20(15,4)5/h9-10,15H,7-8,11H2,1-6H3,(H,22,24). The van der Waals surface area contributed by atoms with Crippen LogP contribution in [0.25, 0.3) is 0 Å². The summed E-state index contributed by atoms with van der Waals surface area (Å²) in [6.07, 6.45) is 1.41. The Balaban J connectivity index is 1.81. The second-order valence-electron chi connectivity index (χ2n) is 8.70. The summed E-state index contributed by atoms with van der Waals surface area (Å²) in [6, 6.07) is 4.01. The van der Waals surface area contributed by atoms with Crippen LogP contribution in [0.3, 0.4) is 0 Å². The summed E-state index contributed by atoms with van der Waals surface area (Å²) >= 11 is 0. The molecule has 1 heterocycles. The first-order chi connectivity index (χ1) is 12.0. The van der Waals surface area contributed by atoms with E-state index >= 15 is 0 Å². The first-order valence-corrected chi connectivity index (χ1v) is 9.22. The number of nitrogens with one attached hydrogen (secondary N) is 1. The molecule has 5 heteroatoms. The van der Waals surface area contributed by atoms with E-state index in [4.69, 9.17) is 0 Å². The van der Waals surface area contributed by atoms with Gasteiger partial charge < -0.3 is 5.32 Å². The number of carbonyl (C=O) groups excluding carboxylic acids is 3. The van der Waals surface area contributed by atoms with E-state index in [1.54, 1.807) is 0 Å². The van der Waals surface area contributed by atoms with E-state index in [1.165, 1.54) is 4.90 Å². The van der Waals surface area contributed by atoms with Crippen molar-refractivity contribution in [3.63, 3.8) is 0 Å². The van der Waals surface area contributed by atoms with E-state index in [0.29, 0.717) is 12.8 Å². The van der Waals surface area contributed by atoms with Crippen molar-refractivity contribution in [2.45, 2.75) is 54.4 Å². The summed E-state index contributed by atoms with van der Waals surface area (Å²) in [5.41, 5.74) is 2.89. The minimum atomic E-state index is -0.582. The quantitative estimate of drug-likeness (QED) is 0.845. The second-order valence-corrected chi connectivity index (χ2v) is 8.70. The number of anilines is 1. The molecule has 0 radical (unpaired) electrons. The molecule has 0 spiro atoms. The van der Waals surface area contributed by atoms with Gasteiger partial charge in [-0.3, -0.25) is 19.3 Å². The van der Waals surface area contributed by atoms with Crippen LogP contribution in [0.15, 0.2) is 12.1 Å². The van der Waals surface area contributed by atoms with Gasteiger partial charge in [0, 0.05) is 11.6 Å². The van der Waals surface area contributed by atoms with Crippen molar-refractivity contribution >= 4 is 23.4 Å². The number of amides is 3. The Morgan fingerprint density at radius 3 is 2.31 bits per heavy atom. The van der Waals surface area contributed by atoms with Gasteiger partial charge in [0.25, 0.3) is 0 Å². The molecule has 1 saturated carbocycles. The molecule has 1 aliphatic heterocycles. The number of piperidine rings is 1. The molecule has 3 amide bonds. The van der Waals surface area contributed by atoms with Crippen molar-refractivity contribution in [3.8, 4) is 0 Å². The average Bonchev–Trinajstić information content (AvgIpc) is 2.72. The number of hydrogen-bond acceptors (Lipinski definition) is 3. The van der Waals surface area contributed by atoms with Crippen molar-refractivity contribution in [2.24, 2.45) is 16.7 Å². The van der Waals surface area contributed by atoms with Crippen LogP contribution in [0.1, 0.15) is 50.3 Å². The zero-order chi connectivity index (χ0) is 19.4. The maximum absolute atomic E-state index is 13.0. The average molecular weight is 356 g/mol. The number of likely N-dealkylation sites (tertiary alicyclic amines) is 1. The first kappa shape index (κ1) is 18.6. The Morgan fingerprint density at radius 1 is 1.15 bits per heavy atom. The Morgan fingerprint density at radius 2 is 1.73 bits per heavy atom. The van der Waals surface area contributed by atoms with Gasteiger partial charge in [-0.2, -0.15) is 0 Å². The van der Waals surface area contributed by atoms with Crippen LogP contribution in [0, 0.1) is 37.5 Å². The molecular weight excluding hydrogens is 328 g/mol. The lowest BCUT2D eigenvalue weighted by atomic mass is 9.62. The fourth-order valence-corrected chi connectivity index (χ4v) is 4.75. The van der Waals surface area contributed by atoms with Crippen LogP contribution >= 0.6 is 0 Å². The molecule has 26 heavy (non-hydrogen) atoms. The van der Waals surface area contributed by atoms with Gasteiger partial charge in [-0.25, -0.2) is 0 Å². The molecule has 2 fully saturated rings. The predicted molar refractivity (Wildman–Crippen MR) is 101 cm³/mol. The lowest BCUT2D eigenvalue weighted by Crippen LogP contribution is -2.60. The van der Waals surface area contributed by atoms with E-state index in [-0.39, 0.29) is 35.6 Å². The second kappa shape index (κ2) is 5.93. The van der Waals surface area contributed by atoms with E-state index in [1.807, 2.05) is 53.7 Å². The Bertz CT molecular complexity index is 788. The van der Waals surface area contributed by atoms with Gasteiger partial charge in [0.05, 0.1) is 5.41 Å². The lowest BCUT2D eigenvalue weighted by Gasteiger charge is -2.47. The normalized spacial score (nSPS) is 27.0. The molecule has 2 aliphatic rings. The molecule has 5 nitrogen and oxygen atoms in total. The first-order valence-electron chi connectivity index (χ1n) is 9.22. The van der Waals surface area contributed by atoms with E-state index in [2.05, 4.69) is 5.32 Å². The summed E-state index contributed by atoms with van der Waals surface area (Å²) in [6.45, 7) is 11.6. The van der Waals surface area contributed by atoms with Crippen molar-refractivity contribution in [3.05, 3.63) is 28.8 Å². The number of hydrogen-bond donors (Lipinski definition) is 1. The smallest absolute Gasteiger partial charge is 0.244 e. The summed E-state index contributed by atoms with van der Waals surface area (Å²) in [5.74, 6) is -0.943. The molecule has 1 N–H and O–H groups in total. The number of benzene rings is 1. The molecule has 2 bridgehead atoms. The van der Waals surface area contributed by atoms with Crippen LogP contribution in [-0.2, 0) is 14.4 Å². The minimum Gasteiger partial charge on any atom is -0.324 e. The molecule has 140 valence electrons. The molecular formula is C21H28N2O3. The van der Waals surface area contributed by atoms with E-state index < -0.39 is 5.41 Å². The predicted octanol–water partition coefficient (Wildman–Crippen LogP) is 3.36. The van der Waals surface area contributed by atoms with Gasteiger partial charge >= 0.3 is 0 Å². The number of aryl methyl sites for hydroxylation is 3. The van der Waals surface area contributed by atoms with Gasteiger partial charge in [0.15, 0.2) is 0 Å². The maximum Gasteiger partial charge on any atom is 0.244 e. The lowest BCUT2D eigenvalue weighted by molar-refractivity contribution is -0.168. The molecule has 1 aromatic carbocycles. The molecule has 3 rings (SSSR count). The van der Waals surface area contributed by atoms with Gasteiger partial charge in [-0.1, -0.05) is 38.5 Å². The Kier molecular flexibility index (Phi) is 4.25. The van der Waals surface area contributed by atoms with Crippen LogP contribution in [0.5, 0.6) is 0 Å². The highest BCUT2D eigenvalue weighted by atomic mass is 16.2. The fraction of sp³-hybridized carbons (Fsp3) is 0.571. The van der Waals surface area contributed by atoms with E-state index in [0.717, 1.165) is 22.4 Å². The number of fused-ring (bicyclic) bond motifs is 2. The molecule has 1 aromatic rings. The van der Waals surface area contributed by atoms with Crippen molar-refractivity contribution < 1.29 is 14.4 Å². The summed E-state index contributed by atoms with van der Waals surface area (Å²) in [4.78, 5) is 39.6. The molecule has 1 saturated heterocycles. The summed E-state index contributed by atoms with van der Waals surface area (Å²) < 4.78 is 0. The third-order valence-electron chi connectivity index (χ3n) is 6.75. The van der Waals surface area contributed by atoms with Crippen LogP contribution in [0.4, 0.5) is 5.69 Å². The monoisotopic (exact) mass is 356 g/mol. The van der Waals surface area contributed by atoms with Crippen LogP contribution < -0.4 is 5.32 Å². The number of nitrogens with zero attached hydrogens (tertiary/aromatic N) is 1. The van der Waals surface area contributed by atoms with Crippen LogP contribution in [-0.4, -0.2) is 29.2 Å². The zero-order valence-electron chi connectivity index (χ0n) is 16.5. The largest absolute Gasteiger partial charge is 0.324 e. The molecule has 1 aliphatic carbocycles. The SMILES string of the molecule is Cc1cc(C)c(NC(=O)CN2C(=O)C3CCC(C)(C2=O)C3(C)C)c(C)c1. The number of carbonyl (C=O) groups is 3. The van der Waals surface area contributed by atoms with Crippen molar-refractivity contribution in [1.29, 1.82) is 0 Å². The minimum absolute atomic E-state index is 0.194. The number of rotatable bonds is 3. The van der Waals surface area contributed by atoms with Gasteiger partial charge in [-0.15, -0.1) is 0 Å². The number of imide groups is 1. The highest BCUT2D eigenvalue weighted by Gasteiger charge is 2.64. The highest BCUT2D eigenvalue weighted by molar-refractivity contribution is 6.07. The topological polar surface area (TPSA) is 66.5 Å². The van der Waals surface area contributed by atoms with Gasteiger partial charge in [0.2, 0.25) is 17.7 Å². The summed E-state index contributed by atoms with van der Waals surface area (Å²) in [5, 5.41) is 2.89. The molecule has 0 aromatic heterocycles. The van der Waals surface area contributed by atoms with E-state index in [9.17, 15) is 14.4 Å². The van der Waals surface area contributed by atoms with Crippen molar-refractivity contribution in [2.75, 3.05) is 11.9 Å². The van der Waals surface area contributed by atoms with Gasteiger partial charge in [-0.05, 0) is 50.2 Å². The summed E-state index contributed by atoms with van der Waals surface area (Å²) in [7, 11) is 0. The van der Waals surface area contributed by atoms with Gasteiger partial charge in [0.1, 0.15) is 6.54 Å². The fourth-order valence-electron chi connectivity index (χ4n) is 4.75. The third kappa shape index (κ3) is 2.56. The van der Waals surface area contributed by atoms with Crippen molar-refractivity contribution in [1.82, 2.24) is 4.90 Å². The maximum atomic E-state index is 13.0. The third-order valence-corrected chi connectivity index (χ3v) is 6.75. The highest BCUT2D eigenvalue weighted by Crippen LogP contribution is 2.59. The molecule has 2 unspecified atom stereocenters. The van der Waals surface area contributed by atoms with Crippen LogP contribution in [0.2, 0.25) is 0 Å².